The molecule has 2 nitrogen and oxygen atoms in total. The molecule has 4 rings (SSSR count). The monoisotopic (exact) mass is 312 g/mol. The van der Waals surface area contributed by atoms with Crippen molar-refractivity contribution in [3.8, 4) is 0 Å². The smallest absolute Gasteiger partial charge is 0.0406 e. The molecule has 0 N–H and O–H groups in total. The molecule has 0 unspecified atom stereocenters. The third kappa shape index (κ3) is 3.04. The maximum absolute atomic E-state index is 6.04. The van der Waals surface area contributed by atoms with Crippen LogP contribution in [0.25, 0.3) is 0 Å². The zero-order valence-corrected chi connectivity index (χ0v) is 13.5. The minimum Gasteiger partial charge on any atom is -0.295 e. The van der Waals surface area contributed by atoms with E-state index in [0.717, 1.165) is 17.6 Å². The van der Waals surface area contributed by atoms with Gasteiger partial charge in [-0.25, -0.2) is 0 Å². The molecule has 1 aromatic heterocycles. The van der Waals surface area contributed by atoms with E-state index >= 15 is 0 Å². The highest BCUT2D eigenvalue weighted by atomic mass is 35.5. The molecule has 1 aromatic carbocycles. The zero-order chi connectivity index (χ0) is 15.0. The second-order valence-corrected chi connectivity index (χ2v) is 7.22. The van der Waals surface area contributed by atoms with E-state index in [-0.39, 0.29) is 0 Å². The van der Waals surface area contributed by atoms with Crippen LogP contribution in [0, 0.1) is 0 Å². The molecule has 1 heterocycles. The molecule has 0 aliphatic heterocycles. The average molecular weight is 313 g/mol. The Bertz CT molecular complexity index is 630. The molecule has 3 heteroatoms. The summed E-state index contributed by atoms with van der Waals surface area (Å²) in [5.41, 5.74) is 3.19. The number of pyridine rings is 1. The molecule has 114 valence electrons. The fourth-order valence-electron chi connectivity index (χ4n) is 3.36. The molecule has 2 aliphatic rings. The molecule has 0 spiro atoms. The molecule has 2 fully saturated rings. The Morgan fingerprint density at radius 1 is 1.05 bits per heavy atom. The van der Waals surface area contributed by atoms with Crippen molar-refractivity contribution in [1.29, 1.82) is 0 Å². The van der Waals surface area contributed by atoms with Gasteiger partial charge in [-0.15, -0.1) is 0 Å². The summed E-state index contributed by atoms with van der Waals surface area (Å²) in [5, 5.41) is 0.829. The molecular formula is C19H21ClN2. The zero-order valence-electron chi connectivity index (χ0n) is 12.7. The third-order valence-corrected chi connectivity index (χ3v) is 5.27. The Hall–Kier alpha value is -1.38. The van der Waals surface area contributed by atoms with Gasteiger partial charge in [-0.2, -0.15) is 0 Å². The maximum atomic E-state index is 6.04. The number of hydrogen-bond acceptors (Lipinski definition) is 2. The first-order valence-electron chi connectivity index (χ1n) is 8.14. The third-order valence-electron chi connectivity index (χ3n) is 5.01. The number of aromatic nitrogens is 1. The predicted molar refractivity (Wildman–Crippen MR) is 90.0 cm³/mol. The molecule has 2 aromatic rings. The molecule has 22 heavy (non-hydrogen) atoms. The van der Waals surface area contributed by atoms with Crippen molar-refractivity contribution in [2.75, 3.05) is 6.54 Å². The summed E-state index contributed by atoms with van der Waals surface area (Å²) in [6, 6.07) is 13.5. The van der Waals surface area contributed by atoms with Gasteiger partial charge in [-0.3, -0.25) is 9.88 Å². The molecule has 2 aliphatic carbocycles. The highest BCUT2D eigenvalue weighted by Gasteiger charge is 2.47. The lowest BCUT2D eigenvalue weighted by Gasteiger charge is -2.28. The Morgan fingerprint density at radius 2 is 1.73 bits per heavy atom. The van der Waals surface area contributed by atoms with Crippen molar-refractivity contribution in [3.05, 3.63) is 64.9 Å². The molecule has 0 saturated heterocycles. The number of hydrogen-bond donors (Lipinski definition) is 0. The van der Waals surface area contributed by atoms with E-state index in [1.807, 2.05) is 24.5 Å². The summed E-state index contributed by atoms with van der Waals surface area (Å²) >= 11 is 6.04. The standard InChI is InChI=1S/C19H21ClN2/c20-17-3-1-16(2-4-17)19(9-10-19)14-22(18-5-6-18)13-15-7-11-21-12-8-15/h1-4,7-8,11-12,18H,5-6,9-10,13-14H2. The second-order valence-electron chi connectivity index (χ2n) is 6.78. The summed E-state index contributed by atoms with van der Waals surface area (Å²) in [7, 11) is 0. The highest BCUT2D eigenvalue weighted by Crippen LogP contribution is 2.50. The number of halogens is 1. The Labute approximate surface area is 137 Å². The maximum Gasteiger partial charge on any atom is 0.0406 e. The summed E-state index contributed by atoms with van der Waals surface area (Å²) in [6.45, 7) is 2.21. The van der Waals surface area contributed by atoms with Crippen LogP contribution in [0.5, 0.6) is 0 Å². The van der Waals surface area contributed by atoms with Crippen LogP contribution < -0.4 is 0 Å². The SMILES string of the molecule is Clc1ccc(C2(CN(Cc3ccncc3)C3CC3)CC2)cc1. The Morgan fingerprint density at radius 3 is 2.32 bits per heavy atom. The molecule has 0 radical (unpaired) electrons. The Balaban J connectivity index is 1.51. The lowest BCUT2D eigenvalue weighted by Crippen LogP contribution is -2.34. The minimum atomic E-state index is 0.361. The van der Waals surface area contributed by atoms with Gasteiger partial charge in [0, 0.05) is 42.0 Å². The normalized spacial score (nSPS) is 19.4. The van der Waals surface area contributed by atoms with Crippen molar-refractivity contribution in [2.24, 2.45) is 0 Å². The molecule has 0 amide bonds. The van der Waals surface area contributed by atoms with E-state index in [1.165, 1.54) is 43.4 Å². The lowest BCUT2D eigenvalue weighted by molar-refractivity contribution is 0.230. The van der Waals surface area contributed by atoms with E-state index in [9.17, 15) is 0 Å². The number of rotatable bonds is 6. The van der Waals surface area contributed by atoms with Gasteiger partial charge in [0.15, 0.2) is 0 Å². The van der Waals surface area contributed by atoms with Gasteiger partial charge < -0.3 is 0 Å². The second kappa shape index (κ2) is 5.68. The van der Waals surface area contributed by atoms with E-state index < -0.39 is 0 Å². The summed E-state index contributed by atoms with van der Waals surface area (Å²) in [5.74, 6) is 0. The van der Waals surface area contributed by atoms with Gasteiger partial charge in [0.1, 0.15) is 0 Å². The van der Waals surface area contributed by atoms with Crippen molar-refractivity contribution in [3.63, 3.8) is 0 Å². The quantitative estimate of drug-likeness (QED) is 0.784. The first kappa shape index (κ1) is 14.2. The van der Waals surface area contributed by atoms with E-state index in [1.54, 1.807) is 0 Å². The van der Waals surface area contributed by atoms with Crippen LogP contribution >= 0.6 is 11.6 Å². The van der Waals surface area contributed by atoms with Crippen LogP contribution in [0.4, 0.5) is 0 Å². The van der Waals surface area contributed by atoms with Gasteiger partial charge in [-0.1, -0.05) is 23.7 Å². The first-order chi connectivity index (χ1) is 10.8. The minimum absolute atomic E-state index is 0.361. The molecule has 0 bridgehead atoms. The van der Waals surface area contributed by atoms with E-state index in [4.69, 9.17) is 11.6 Å². The lowest BCUT2D eigenvalue weighted by atomic mass is 9.95. The van der Waals surface area contributed by atoms with Crippen molar-refractivity contribution < 1.29 is 0 Å². The number of benzene rings is 1. The summed E-state index contributed by atoms with van der Waals surface area (Å²) in [4.78, 5) is 6.80. The van der Waals surface area contributed by atoms with Crippen LogP contribution in [-0.4, -0.2) is 22.5 Å². The average Bonchev–Trinajstić information content (AvgIpc) is 3.43. The molecule has 2 saturated carbocycles. The molecule has 0 atom stereocenters. The predicted octanol–water partition coefficient (Wildman–Crippen LogP) is 4.43. The first-order valence-corrected chi connectivity index (χ1v) is 8.52. The van der Waals surface area contributed by atoms with E-state index in [0.29, 0.717) is 5.41 Å². The summed E-state index contributed by atoms with van der Waals surface area (Å²) in [6.07, 6.45) is 9.09. The molecular weight excluding hydrogens is 292 g/mol. The largest absolute Gasteiger partial charge is 0.295 e. The van der Waals surface area contributed by atoms with Gasteiger partial charge in [0.2, 0.25) is 0 Å². The van der Waals surface area contributed by atoms with Gasteiger partial charge in [-0.05, 0) is 61.1 Å². The van der Waals surface area contributed by atoms with Crippen LogP contribution in [-0.2, 0) is 12.0 Å². The number of nitrogens with zero attached hydrogens (tertiary/aromatic N) is 2. The fraction of sp³-hybridized carbons (Fsp3) is 0.421. The highest BCUT2D eigenvalue weighted by molar-refractivity contribution is 6.30. The van der Waals surface area contributed by atoms with Gasteiger partial charge in [0.05, 0.1) is 0 Å². The van der Waals surface area contributed by atoms with E-state index in [2.05, 4.69) is 34.1 Å². The van der Waals surface area contributed by atoms with Crippen molar-refractivity contribution in [2.45, 2.75) is 43.7 Å². The topological polar surface area (TPSA) is 16.1 Å². The van der Waals surface area contributed by atoms with Crippen LogP contribution in [0.1, 0.15) is 36.8 Å². The van der Waals surface area contributed by atoms with Crippen molar-refractivity contribution in [1.82, 2.24) is 9.88 Å². The fourth-order valence-corrected chi connectivity index (χ4v) is 3.48. The van der Waals surface area contributed by atoms with Gasteiger partial charge in [0.25, 0.3) is 0 Å². The van der Waals surface area contributed by atoms with Crippen molar-refractivity contribution >= 4 is 11.6 Å². The van der Waals surface area contributed by atoms with Crippen LogP contribution in [0.15, 0.2) is 48.8 Å². The van der Waals surface area contributed by atoms with Crippen LogP contribution in [0.2, 0.25) is 5.02 Å². The van der Waals surface area contributed by atoms with Crippen LogP contribution in [0.3, 0.4) is 0 Å². The Kier molecular flexibility index (Phi) is 3.67. The summed E-state index contributed by atoms with van der Waals surface area (Å²) < 4.78 is 0. The van der Waals surface area contributed by atoms with Gasteiger partial charge >= 0.3 is 0 Å².